The molecular weight excluding hydrogens is 437 g/mol. The van der Waals surface area contributed by atoms with Crippen LogP contribution in [0.15, 0.2) is 54.6 Å². The van der Waals surface area contributed by atoms with Gasteiger partial charge in [-0.1, -0.05) is 38.1 Å². The zero-order valence-electron chi connectivity index (χ0n) is 18.3. The third-order valence-corrected chi connectivity index (χ3v) is 4.78. The number of rotatable bonds is 9. The second kappa shape index (κ2) is 10.4. The number of nitrogens with one attached hydrogen (secondary N) is 2. The Balaban J connectivity index is 2.03. The summed E-state index contributed by atoms with van der Waals surface area (Å²) >= 11 is 0. The van der Waals surface area contributed by atoms with Crippen molar-refractivity contribution in [3.63, 3.8) is 0 Å². The fraction of sp³-hybridized carbons (Fsp3) is 0.304. The summed E-state index contributed by atoms with van der Waals surface area (Å²) in [6.45, 7) is 3.72. The first kappa shape index (κ1) is 24.1. The van der Waals surface area contributed by atoms with Gasteiger partial charge in [0.15, 0.2) is 0 Å². The van der Waals surface area contributed by atoms with E-state index in [9.17, 15) is 18.3 Å². The lowest BCUT2D eigenvalue weighted by atomic mass is 10.1. The number of alkyl halides is 3. The van der Waals surface area contributed by atoms with Crippen LogP contribution in [0.4, 0.5) is 30.6 Å². The average Bonchev–Trinajstić information content (AvgIpc) is 2.76. The number of para-hydroxylation sites is 2. The highest BCUT2D eigenvalue weighted by Crippen LogP contribution is 2.31. The minimum absolute atomic E-state index is 0.0800. The van der Waals surface area contributed by atoms with Crippen molar-refractivity contribution in [2.24, 2.45) is 5.92 Å². The molecule has 0 aliphatic rings. The van der Waals surface area contributed by atoms with E-state index in [1.165, 1.54) is 18.2 Å². The maximum absolute atomic E-state index is 12.7. The molecular formula is C23H25F3N4O3. The Bertz CT molecular complexity index is 1080. The van der Waals surface area contributed by atoms with Crippen molar-refractivity contribution in [3.8, 4) is 22.8 Å². The monoisotopic (exact) mass is 462 g/mol. The van der Waals surface area contributed by atoms with Crippen molar-refractivity contribution in [2.75, 3.05) is 24.4 Å². The average molecular weight is 462 g/mol. The normalized spacial score (nSPS) is 12.4. The third kappa shape index (κ3) is 6.72. The molecule has 0 fully saturated rings. The molecule has 0 amide bonds. The number of ether oxygens (including phenoxy) is 2. The second-order valence-electron chi connectivity index (χ2n) is 7.54. The van der Waals surface area contributed by atoms with Crippen molar-refractivity contribution >= 4 is 17.5 Å². The Morgan fingerprint density at radius 1 is 1.03 bits per heavy atom. The van der Waals surface area contributed by atoms with Gasteiger partial charge in [0.05, 0.1) is 31.1 Å². The number of aliphatic hydroxyl groups excluding tert-OH is 1. The lowest BCUT2D eigenvalue weighted by Gasteiger charge is -2.21. The molecule has 0 spiro atoms. The zero-order chi connectivity index (χ0) is 24.0. The molecule has 1 aromatic heterocycles. The van der Waals surface area contributed by atoms with Gasteiger partial charge < -0.3 is 25.2 Å². The summed E-state index contributed by atoms with van der Waals surface area (Å²) in [5.74, 6) is 0.900. The standard InChI is InChI=1S/C23H25F3N4O3/c1-14(2)19(13-31)29-22-28-18(15-7-6-8-16(11-15)33-23(24,25)26)12-21(30-22)27-17-9-4-5-10-20(17)32-3/h4-12,14,19,31H,13H2,1-3H3,(H2,27,28,29,30)/t19-/m0/s1. The Labute approximate surface area is 189 Å². The van der Waals surface area contributed by atoms with Gasteiger partial charge in [-0.2, -0.15) is 4.98 Å². The summed E-state index contributed by atoms with van der Waals surface area (Å²) in [4.78, 5) is 8.92. The molecule has 0 bridgehead atoms. The van der Waals surface area contributed by atoms with Gasteiger partial charge in [0.1, 0.15) is 17.3 Å². The Morgan fingerprint density at radius 3 is 2.45 bits per heavy atom. The van der Waals surface area contributed by atoms with E-state index in [4.69, 9.17) is 4.74 Å². The first-order valence-corrected chi connectivity index (χ1v) is 10.2. The van der Waals surface area contributed by atoms with Crippen LogP contribution in [-0.2, 0) is 0 Å². The van der Waals surface area contributed by atoms with Crippen LogP contribution in [0, 0.1) is 5.92 Å². The number of nitrogens with zero attached hydrogens (tertiary/aromatic N) is 2. The van der Waals surface area contributed by atoms with Crippen LogP contribution in [0.25, 0.3) is 11.3 Å². The summed E-state index contributed by atoms with van der Waals surface area (Å²) in [6.07, 6.45) is -4.81. The Hall–Kier alpha value is -3.53. The zero-order valence-corrected chi connectivity index (χ0v) is 18.3. The fourth-order valence-electron chi connectivity index (χ4n) is 3.05. The smallest absolute Gasteiger partial charge is 0.495 e. The van der Waals surface area contributed by atoms with Gasteiger partial charge in [0.25, 0.3) is 0 Å². The molecule has 7 nitrogen and oxygen atoms in total. The number of aliphatic hydroxyl groups is 1. The van der Waals surface area contributed by atoms with Gasteiger partial charge >= 0.3 is 6.36 Å². The summed E-state index contributed by atoms with van der Waals surface area (Å²) < 4.78 is 47.4. The summed E-state index contributed by atoms with van der Waals surface area (Å²) in [6, 6.07) is 14.0. The van der Waals surface area contributed by atoms with Crippen LogP contribution in [0.3, 0.4) is 0 Å². The molecule has 2 aromatic carbocycles. The highest BCUT2D eigenvalue weighted by atomic mass is 19.4. The van der Waals surface area contributed by atoms with Gasteiger partial charge in [0, 0.05) is 11.6 Å². The Kier molecular flexibility index (Phi) is 7.59. The van der Waals surface area contributed by atoms with E-state index < -0.39 is 6.36 Å². The fourth-order valence-corrected chi connectivity index (χ4v) is 3.05. The molecule has 0 radical (unpaired) electrons. The summed E-state index contributed by atoms with van der Waals surface area (Å²) in [5, 5.41) is 15.9. The molecule has 1 heterocycles. The maximum atomic E-state index is 12.7. The van der Waals surface area contributed by atoms with E-state index in [2.05, 4.69) is 25.3 Å². The van der Waals surface area contributed by atoms with Gasteiger partial charge in [-0.3, -0.25) is 0 Å². The molecule has 3 rings (SSSR count). The molecule has 1 atom stereocenters. The minimum Gasteiger partial charge on any atom is -0.495 e. The second-order valence-corrected chi connectivity index (χ2v) is 7.54. The molecule has 0 saturated heterocycles. The largest absolute Gasteiger partial charge is 0.573 e. The molecule has 3 N–H and O–H groups in total. The van der Waals surface area contributed by atoms with Crippen molar-refractivity contribution in [2.45, 2.75) is 26.3 Å². The number of benzene rings is 2. The van der Waals surface area contributed by atoms with Gasteiger partial charge in [-0.25, -0.2) is 4.98 Å². The first-order chi connectivity index (χ1) is 15.7. The van der Waals surface area contributed by atoms with Crippen LogP contribution >= 0.6 is 0 Å². The van der Waals surface area contributed by atoms with E-state index in [1.54, 1.807) is 31.4 Å². The van der Waals surface area contributed by atoms with Crippen molar-refractivity contribution in [3.05, 3.63) is 54.6 Å². The van der Waals surface area contributed by atoms with Crippen LogP contribution in [0.2, 0.25) is 0 Å². The van der Waals surface area contributed by atoms with Crippen LogP contribution in [-0.4, -0.2) is 41.2 Å². The number of methoxy groups -OCH3 is 1. The van der Waals surface area contributed by atoms with Crippen molar-refractivity contribution in [1.82, 2.24) is 9.97 Å². The van der Waals surface area contributed by atoms with Gasteiger partial charge in [-0.15, -0.1) is 13.2 Å². The summed E-state index contributed by atoms with van der Waals surface area (Å²) in [5.41, 5.74) is 1.40. The number of anilines is 3. The van der Waals surface area contributed by atoms with E-state index >= 15 is 0 Å². The van der Waals surface area contributed by atoms with Gasteiger partial charge in [-0.05, 0) is 30.2 Å². The molecule has 3 aromatic rings. The van der Waals surface area contributed by atoms with Crippen LogP contribution in [0.1, 0.15) is 13.8 Å². The summed E-state index contributed by atoms with van der Waals surface area (Å²) in [7, 11) is 1.54. The predicted molar refractivity (Wildman–Crippen MR) is 120 cm³/mol. The van der Waals surface area contributed by atoms with Gasteiger partial charge in [0.2, 0.25) is 5.95 Å². The minimum atomic E-state index is -4.81. The molecule has 10 heteroatoms. The maximum Gasteiger partial charge on any atom is 0.573 e. The highest BCUT2D eigenvalue weighted by Gasteiger charge is 2.31. The molecule has 0 aliphatic heterocycles. The molecule has 0 aliphatic carbocycles. The number of halogens is 3. The van der Waals surface area contributed by atoms with Crippen molar-refractivity contribution < 1.29 is 27.8 Å². The predicted octanol–water partition coefficient (Wildman–Crippen LogP) is 5.22. The lowest BCUT2D eigenvalue weighted by Crippen LogP contribution is -2.30. The molecule has 176 valence electrons. The van der Waals surface area contributed by atoms with E-state index in [0.29, 0.717) is 28.5 Å². The van der Waals surface area contributed by atoms with Crippen LogP contribution < -0.4 is 20.1 Å². The molecule has 0 unspecified atom stereocenters. The van der Waals surface area contributed by atoms with E-state index in [1.807, 2.05) is 26.0 Å². The topological polar surface area (TPSA) is 88.5 Å². The molecule has 0 saturated carbocycles. The van der Waals surface area contributed by atoms with Crippen LogP contribution in [0.5, 0.6) is 11.5 Å². The van der Waals surface area contributed by atoms with E-state index in [0.717, 1.165) is 0 Å². The number of hydrogen-bond donors (Lipinski definition) is 3. The number of aromatic nitrogens is 2. The number of hydrogen-bond acceptors (Lipinski definition) is 7. The lowest BCUT2D eigenvalue weighted by molar-refractivity contribution is -0.274. The highest BCUT2D eigenvalue weighted by molar-refractivity contribution is 5.70. The SMILES string of the molecule is COc1ccccc1Nc1cc(-c2cccc(OC(F)(F)F)c2)nc(N[C@@H](CO)C(C)C)n1. The quantitative estimate of drug-likeness (QED) is 0.402. The molecule has 33 heavy (non-hydrogen) atoms. The first-order valence-electron chi connectivity index (χ1n) is 10.2. The van der Waals surface area contributed by atoms with Crippen molar-refractivity contribution in [1.29, 1.82) is 0 Å². The Morgan fingerprint density at radius 2 is 1.79 bits per heavy atom. The van der Waals surface area contributed by atoms with E-state index in [-0.39, 0.29) is 30.3 Å². The third-order valence-electron chi connectivity index (χ3n) is 4.78.